The summed E-state index contributed by atoms with van der Waals surface area (Å²) in [5.41, 5.74) is 1.48. The molecule has 0 spiro atoms. The van der Waals surface area contributed by atoms with E-state index in [0.717, 1.165) is 12.8 Å². The monoisotopic (exact) mass is 424 g/mol. The summed E-state index contributed by atoms with van der Waals surface area (Å²) in [6.07, 6.45) is 2.00. The van der Waals surface area contributed by atoms with Crippen molar-refractivity contribution < 1.29 is 13.9 Å². The molecule has 0 aliphatic carbocycles. The lowest BCUT2D eigenvalue weighted by Crippen LogP contribution is -2.15. The molecule has 0 unspecified atom stereocenters. The number of ether oxygens (including phenoxy) is 1. The Hall–Kier alpha value is -3.26. The van der Waals surface area contributed by atoms with Gasteiger partial charge in [-0.25, -0.2) is 9.37 Å². The number of nitrogens with one attached hydrogen (secondary N) is 1. The van der Waals surface area contributed by atoms with Gasteiger partial charge in [-0.3, -0.25) is 4.79 Å². The molecule has 2 heterocycles. The van der Waals surface area contributed by atoms with Crippen molar-refractivity contribution in [1.29, 1.82) is 0 Å². The zero-order valence-corrected chi connectivity index (χ0v) is 17.5. The molecule has 4 rings (SSSR count). The number of rotatable bonds is 7. The number of anilines is 1. The fraction of sp³-hybridized carbons (Fsp3) is 0.227. The molecule has 0 radical (unpaired) electrons. The van der Waals surface area contributed by atoms with Crippen LogP contribution in [-0.2, 0) is 0 Å². The van der Waals surface area contributed by atoms with Gasteiger partial charge in [0.25, 0.3) is 5.91 Å². The molecule has 0 fully saturated rings. The fourth-order valence-corrected chi connectivity index (χ4v) is 3.92. The van der Waals surface area contributed by atoms with Crippen molar-refractivity contribution in [1.82, 2.24) is 14.8 Å². The summed E-state index contributed by atoms with van der Waals surface area (Å²) in [5, 5.41) is 7.78. The lowest BCUT2D eigenvalue weighted by atomic mass is 10.2. The molecule has 0 atom stereocenters. The molecular weight excluding hydrogens is 403 g/mol. The van der Waals surface area contributed by atoms with Gasteiger partial charge in [-0.15, -0.1) is 0 Å². The predicted octanol–water partition coefficient (Wildman–Crippen LogP) is 5.36. The highest BCUT2D eigenvalue weighted by molar-refractivity contribution is 7.20. The number of fused-ring (bicyclic) bond motifs is 1. The summed E-state index contributed by atoms with van der Waals surface area (Å²) in [4.78, 5) is 17.2. The van der Waals surface area contributed by atoms with Crippen LogP contribution in [0, 0.1) is 12.7 Å². The summed E-state index contributed by atoms with van der Waals surface area (Å²) in [6.45, 7) is 4.53. The Morgan fingerprint density at radius 2 is 2.07 bits per heavy atom. The topological polar surface area (TPSA) is 69.0 Å². The summed E-state index contributed by atoms with van der Waals surface area (Å²) in [5.74, 6) is 0.449. The Morgan fingerprint density at radius 1 is 1.23 bits per heavy atom. The second-order valence-electron chi connectivity index (χ2n) is 6.85. The van der Waals surface area contributed by atoms with Crippen molar-refractivity contribution in [2.45, 2.75) is 26.7 Å². The van der Waals surface area contributed by atoms with Crippen LogP contribution in [0.3, 0.4) is 0 Å². The molecule has 6 nitrogen and oxygen atoms in total. The highest BCUT2D eigenvalue weighted by atomic mass is 32.1. The molecule has 30 heavy (non-hydrogen) atoms. The fourth-order valence-electron chi connectivity index (χ4n) is 2.98. The SMILES string of the molecule is CCCCOc1cccc(C(=O)Nc2cc(C)nn2-c2nc3c(F)cccc3s2)c1. The van der Waals surface area contributed by atoms with Crippen LogP contribution in [0.15, 0.2) is 48.5 Å². The van der Waals surface area contributed by atoms with Crippen LogP contribution < -0.4 is 10.1 Å². The third-order valence-electron chi connectivity index (χ3n) is 4.48. The highest BCUT2D eigenvalue weighted by Crippen LogP contribution is 2.29. The van der Waals surface area contributed by atoms with Crippen molar-refractivity contribution in [3.05, 3.63) is 65.6 Å². The van der Waals surface area contributed by atoms with Gasteiger partial charge >= 0.3 is 0 Å². The second-order valence-corrected chi connectivity index (χ2v) is 7.86. The van der Waals surface area contributed by atoms with Gasteiger partial charge in [-0.1, -0.05) is 36.8 Å². The van der Waals surface area contributed by atoms with Gasteiger partial charge in [0.05, 0.1) is 17.0 Å². The molecule has 4 aromatic rings. The van der Waals surface area contributed by atoms with Gasteiger partial charge in [0, 0.05) is 11.6 Å². The number of hydrogen-bond donors (Lipinski definition) is 1. The number of aromatic nitrogens is 3. The van der Waals surface area contributed by atoms with Gasteiger partial charge in [0.2, 0.25) is 5.13 Å². The van der Waals surface area contributed by atoms with Crippen LogP contribution in [0.5, 0.6) is 5.75 Å². The van der Waals surface area contributed by atoms with Crippen LogP contribution in [0.1, 0.15) is 35.8 Å². The van der Waals surface area contributed by atoms with Crippen LogP contribution in [0.4, 0.5) is 10.2 Å². The minimum Gasteiger partial charge on any atom is -0.494 e. The summed E-state index contributed by atoms with van der Waals surface area (Å²) in [6, 6.07) is 13.6. The van der Waals surface area contributed by atoms with E-state index in [1.54, 1.807) is 36.4 Å². The molecule has 8 heteroatoms. The van der Waals surface area contributed by atoms with Crippen LogP contribution in [0.2, 0.25) is 0 Å². The Balaban J connectivity index is 1.59. The second kappa shape index (κ2) is 8.62. The molecule has 154 valence electrons. The normalized spacial score (nSPS) is 11.0. The summed E-state index contributed by atoms with van der Waals surface area (Å²) in [7, 11) is 0. The number of carbonyl (C=O) groups excluding carboxylic acids is 1. The number of amides is 1. The minimum absolute atomic E-state index is 0.288. The Labute approximate surface area is 177 Å². The number of thiazole rings is 1. The lowest BCUT2D eigenvalue weighted by molar-refractivity contribution is 0.102. The van der Waals surface area contributed by atoms with Crippen molar-refractivity contribution >= 4 is 33.3 Å². The first-order valence-electron chi connectivity index (χ1n) is 9.71. The number of nitrogens with zero attached hydrogens (tertiary/aromatic N) is 3. The van der Waals surface area contributed by atoms with E-state index < -0.39 is 0 Å². The van der Waals surface area contributed by atoms with E-state index in [4.69, 9.17) is 4.74 Å². The quantitative estimate of drug-likeness (QED) is 0.406. The third kappa shape index (κ3) is 4.18. The Kier molecular flexibility index (Phi) is 5.76. The van der Waals surface area contributed by atoms with E-state index in [1.165, 1.54) is 22.1 Å². The third-order valence-corrected chi connectivity index (χ3v) is 5.47. The largest absolute Gasteiger partial charge is 0.494 e. The predicted molar refractivity (Wildman–Crippen MR) is 116 cm³/mol. The molecule has 0 aliphatic rings. The maximum absolute atomic E-state index is 14.0. The zero-order chi connectivity index (χ0) is 21.1. The van der Waals surface area contributed by atoms with Crippen LogP contribution in [-0.4, -0.2) is 27.3 Å². The summed E-state index contributed by atoms with van der Waals surface area (Å²) >= 11 is 1.31. The highest BCUT2D eigenvalue weighted by Gasteiger charge is 2.17. The van der Waals surface area contributed by atoms with Crippen LogP contribution in [0.25, 0.3) is 15.3 Å². The van der Waals surface area contributed by atoms with Crippen LogP contribution >= 0.6 is 11.3 Å². The van der Waals surface area contributed by atoms with Gasteiger partial charge in [-0.2, -0.15) is 9.78 Å². The Bertz CT molecular complexity index is 1200. The number of unbranched alkanes of at least 4 members (excludes halogenated alkanes) is 1. The van der Waals surface area contributed by atoms with E-state index in [2.05, 4.69) is 22.3 Å². The van der Waals surface area contributed by atoms with Crippen molar-refractivity contribution in [2.75, 3.05) is 11.9 Å². The van der Waals surface area contributed by atoms with E-state index in [-0.39, 0.29) is 11.7 Å². The molecule has 1 N–H and O–H groups in total. The van der Waals surface area contributed by atoms with Crippen molar-refractivity contribution in [2.24, 2.45) is 0 Å². The lowest BCUT2D eigenvalue weighted by Gasteiger charge is -2.09. The molecule has 0 saturated carbocycles. The number of hydrogen-bond acceptors (Lipinski definition) is 5. The standard InChI is InChI=1S/C22H21FN4O2S/c1-3-4-11-29-16-8-5-7-15(13-16)21(28)24-19-12-14(2)26-27(19)22-25-20-17(23)9-6-10-18(20)30-22/h5-10,12-13H,3-4,11H2,1-2H3,(H,24,28). The van der Waals surface area contributed by atoms with E-state index in [1.807, 2.05) is 13.0 Å². The van der Waals surface area contributed by atoms with Gasteiger partial charge in [0.1, 0.15) is 22.9 Å². The number of aryl methyl sites for hydroxylation is 1. The first kappa shape index (κ1) is 20.0. The minimum atomic E-state index is -0.385. The number of halogens is 1. The molecule has 2 aromatic carbocycles. The number of benzene rings is 2. The number of para-hydroxylation sites is 1. The number of carbonyl (C=O) groups is 1. The van der Waals surface area contributed by atoms with E-state index in [0.29, 0.717) is 44.8 Å². The van der Waals surface area contributed by atoms with Gasteiger partial charge in [0.15, 0.2) is 0 Å². The van der Waals surface area contributed by atoms with E-state index in [9.17, 15) is 9.18 Å². The molecule has 0 aliphatic heterocycles. The molecule has 1 amide bonds. The van der Waals surface area contributed by atoms with Crippen molar-refractivity contribution in [3.8, 4) is 10.9 Å². The maximum atomic E-state index is 14.0. The summed E-state index contributed by atoms with van der Waals surface area (Å²) < 4.78 is 22.0. The average molecular weight is 425 g/mol. The molecule has 0 bridgehead atoms. The van der Waals surface area contributed by atoms with Gasteiger partial charge in [-0.05, 0) is 43.7 Å². The first-order valence-corrected chi connectivity index (χ1v) is 10.5. The smallest absolute Gasteiger partial charge is 0.256 e. The molecule has 2 aromatic heterocycles. The molecule has 0 saturated heterocycles. The van der Waals surface area contributed by atoms with E-state index >= 15 is 0 Å². The average Bonchev–Trinajstić information content (AvgIpc) is 3.32. The van der Waals surface area contributed by atoms with Gasteiger partial charge < -0.3 is 10.1 Å². The zero-order valence-electron chi connectivity index (χ0n) is 16.7. The van der Waals surface area contributed by atoms with Crippen molar-refractivity contribution in [3.63, 3.8) is 0 Å². The molecular formula is C22H21FN4O2S. The maximum Gasteiger partial charge on any atom is 0.256 e. The Morgan fingerprint density at radius 3 is 2.87 bits per heavy atom. The first-order chi connectivity index (χ1) is 14.5.